The number of piperidine rings is 1. The van der Waals surface area contributed by atoms with Crippen molar-refractivity contribution in [3.8, 4) is 11.3 Å². The normalized spacial score (nSPS) is 22.5. The van der Waals surface area contributed by atoms with Gasteiger partial charge in [0.25, 0.3) is 11.8 Å². The molecular weight excluding hydrogens is 520 g/mol. The molecule has 3 aromatic rings. The van der Waals surface area contributed by atoms with E-state index in [0.29, 0.717) is 17.0 Å². The van der Waals surface area contributed by atoms with Crippen LogP contribution in [0.5, 0.6) is 0 Å². The molecule has 200 valence electrons. The number of carbonyl (C=O) groups is 4. The SMILES string of the molecule is O=C1CCC(N2C(=O)c3ccc(NCCC[C@H]4C[C@H](n5cc(-c6ncccc6Cl)cn5)C4)cc3C2=O)C(=O)N1. The first-order valence-electron chi connectivity index (χ1n) is 13.1. The number of anilines is 1. The number of nitrogens with zero attached hydrogens (tertiary/aromatic N) is 4. The molecule has 1 aliphatic carbocycles. The summed E-state index contributed by atoms with van der Waals surface area (Å²) in [6.45, 7) is 0.739. The first kappa shape index (κ1) is 25.2. The lowest BCUT2D eigenvalue weighted by Crippen LogP contribution is -2.54. The monoisotopic (exact) mass is 546 g/mol. The summed E-state index contributed by atoms with van der Waals surface area (Å²) in [7, 11) is 0. The molecule has 0 radical (unpaired) electrons. The molecule has 4 amide bonds. The van der Waals surface area contributed by atoms with Gasteiger partial charge in [0.1, 0.15) is 6.04 Å². The van der Waals surface area contributed by atoms with E-state index >= 15 is 0 Å². The largest absolute Gasteiger partial charge is 0.385 e. The number of hydrogen-bond donors (Lipinski definition) is 2. The second-order valence-electron chi connectivity index (χ2n) is 10.3. The highest BCUT2D eigenvalue weighted by atomic mass is 35.5. The van der Waals surface area contributed by atoms with E-state index in [4.69, 9.17) is 11.6 Å². The summed E-state index contributed by atoms with van der Waals surface area (Å²) in [6.07, 6.45) is 9.98. The Kier molecular flexibility index (Phi) is 6.64. The number of rotatable bonds is 8. The number of amides is 4. The van der Waals surface area contributed by atoms with E-state index in [1.165, 1.54) is 0 Å². The van der Waals surface area contributed by atoms with Crippen LogP contribution >= 0.6 is 11.6 Å². The van der Waals surface area contributed by atoms with E-state index in [-0.39, 0.29) is 24.0 Å². The van der Waals surface area contributed by atoms with Crippen LogP contribution in [0.1, 0.15) is 65.3 Å². The third-order valence-corrected chi connectivity index (χ3v) is 8.08. The Bertz CT molecular complexity index is 1480. The van der Waals surface area contributed by atoms with Gasteiger partial charge in [-0.3, -0.25) is 39.1 Å². The maximum absolute atomic E-state index is 13.0. The quantitative estimate of drug-likeness (QED) is 0.324. The number of carbonyl (C=O) groups excluding carboxylic acids is 4. The second kappa shape index (κ2) is 10.3. The average Bonchev–Trinajstić information content (AvgIpc) is 3.46. The van der Waals surface area contributed by atoms with E-state index < -0.39 is 29.7 Å². The van der Waals surface area contributed by atoms with Gasteiger partial charge in [-0.05, 0) is 68.4 Å². The smallest absolute Gasteiger partial charge is 0.262 e. The summed E-state index contributed by atoms with van der Waals surface area (Å²) in [5.41, 5.74) is 2.98. The maximum Gasteiger partial charge on any atom is 0.262 e. The number of imide groups is 2. The van der Waals surface area contributed by atoms with Crippen molar-refractivity contribution in [1.29, 1.82) is 0 Å². The number of aromatic nitrogens is 3. The zero-order chi connectivity index (χ0) is 27.1. The van der Waals surface area contributed by atoms with Crippen LogP contribution in [0.15, 0.2) is 48.9 Å². The molecule has 3 aliphatic rings. The van der Waals surface area contributed by atoms with Gasteiger partial charge in [0, 0.05) is 36.6 Å². The van der Waals surface area contributed by atoms with E-state index in [1.54, 1.807) is 24.4 Å². The molecule has 1 atom stereocenters. The Balaban J connectivity index is 0.978. The standard InChI is InChI=1S/C28H27ClN6O4/c29-22-4-2-10-31-25(22)17-14-32-34(15-17)19-11-16(12-19)3-1-9-30-18-5-6-20-21(13-18)28(39)35(27(20)38)23-7-8-24(36)33-26(23)37/h2,4-6,10,13-16,19,23,30H,1,3,7-9,11-12H2,(H,33,36,37)/t16-,19-,23?. The molecule has 10 nitrogen and oxygen atoms in total. The molecule has 2 aromatic heterocycles. The fourth-order valence-electron chi connectivity index (χ4n) is 5.61. The summed E-state index contributed by atoms with van der Waals surface area (Å²) in [6, 6.07) is 8.13. The molecule has 11 heteroatoms. The third kappa shape index (κ3) is 4.80. The van der Waals surface area contributed by atoms with Crippen LogP contribution in [0.2, 0.25) is 5.02 Å². The Morgan fingerprint density at radius 3 is 2.69 bits per heavy atom. The highest BCUT2D eigenvalue weighted by Crippen LogP contribution is 2.41. The lowest BCUT2D eigenvalue weighted by Gasteiger charge is -2.35. The van der Waals surface area contributed by atoms with E-state index in [1.807, 2.05) is 29.2 Å². The Labute approximate surface area is 229 Å². The summed E-state index contributed by atoms with van der Waals surface area (Å²) < 4.78 is 2.01. The van der Waals surface area contributed by atoms with Gasteiger partial charge in [-0.15, -0.1) is 0 Å². The van der Waals surface area contributed by atoms with Crippen LogP contribution in [0.3, 0.4) is 0 Å². The van der Waals surface area contributed by atoms with Crippen molar-refractivity contribution in [2.75, 3.05) is 11.9 Å². The highest BCUT2D eigenvalue weighted by molar-refractivity contribution is 6.33. The summed E-state index contributed by atoms with van der Waals surface area (Å²) in [4.78, 5) is 54.9. The van der Waals surface area contributed by atoms with Crippen LogP contribution in [-0.2, 0) is 9.59 Å². The van der Waals surface area contributed by atoms with Crippen LogP contribution in [0, 0.1) is 5.92 Å². The molecule has 6 rings (SSSR count). The molecule has 2 fully saturated rings. The van der Waals surface area contributed by atoms with Crippen molar-refractivity contribution in [3.05, 3.63) is 65.1 Å². The number of hydrogen-bond acceptors (Lipinski definition) is 7. The predicted octanol–water partition coefficient (Wildman–Crippen LogP) is 3.84. The molecule has 2 N–H and O–H groups in total. The maximum atomic E-state index is 13.0. The zero-order valence-corrected chi connectivity index (χ0v) is 21.9. The van der Waals surface area contributed by atoms with Crippen LogP contribution in [-0.4, -0.2) is 55.9 Å². The minimum atomic E-state index is -0.959. The van der Waals surface area contributed by atoms with Gasteiger partial charge in [-0.25, -0.2) is 0 Å². The van der Waals surface area contributed by atoms with E-state index in [9.17, 15) is 19.2 Å². The number of benzene rings is 1. The molecule has 1 saturated heterocycles. The summed E-state index contributed by atoms with van der Waals surface area (Å²) >= 11 is 6.26. The minimum absolute atomic E-state index is 0.0986. The predicted molar refractivity (Wildman–Crippen MR) is 143 cm³/mol. The van der Waals surface area contributed by atoms with Crippen molar-refractivity contribution in [2.45, 2.75) is 50.6 Å². The Morgan fingerprint density at radius 1 is 1.08 bits per heavy atom. The van der Waals surface area contributed by atoms with Gasteiger partial charge < -0.3 is 5.32 Å². The van der Waals surface area contributed by atoms with Gasteiger partial charge in [0.15, 0.2) is 0 Å². The fraction of sp³-hybridized carbons (Fsp3) is 0.357. The van der Waals surface area contributed by atoms with Crippen molar-refractivity contribution < 1.29 is 19.2 Å². The van der Waals surface area contributed by atoms with Crippen LogP contribution < -0.4 is 10.6 Å². The van der Waals surface area contributed by atoms with Crippen molar-refractivity contribution >= 4 is 40.9 Å². The average molecular weight is 547 g/mol. The van der Waals surface area contributed by atoms with Crippen molar-refractivity contribution in [3.63, 3.8) is 0 Å². The molecule has 39 heavy (non-hydrogen) atoms. The molecule has 4 heterocycles. The second-order valence-corrected chi connectivity index (χ2v) is 10.7. The van der Waals surface area contributed by atoms with Gasteiger partial charge in [0.05, 0.1) is 34.1 Å². The Morgan fingerprint density at radius 2 is 1.90 bits per heavy atom. The van der Waals surface area contributed by atoms with E-state index in [0.717, 1.165) is 54.1 Å². The third-order valence-electron chi connectivity index (χ3n) is 7.78. The number of pyridine rings is 1. The minimum Gasteiger partial charge on any atom is -0.385 e. The van der Waals surface area contributed by atoms with Gasteiger partial charge in [-0.1, -0.05) is 11.6 Å². The highest BCUT2D eigenvalue weighted by Gasteiger charge is 2.44. The number of fused-ring (bicyclic) bond motifs is 1. The molecule has 2 aliphatic heterocycles. The molecular formula is C28H27ClN6O4. The molecule has 1 unspecified atom stereocenters. The summed E-state index contributed by atoms with van der Waals surface area (Å²) in [5, 5.41) is 10.7. The van der Waals surface area contributed by atoms with Gasteiger partial charge in [0.2, 0.25) is 11.8 Å². The zero-order valence-electron chi connectivity index (χ0n) is 21.1. The van der Waals surface area contributed by atoms with Gasteiger partial charge in [-0.2, -0.15) is 5.10 Å². The first-order valence-corrected chi connectivity index (χ1v) is 13.5. The molecule has 1 saturated carbocycles. The van der Waals surface area contributed by atoms with Gasteiger partial charge >= 0.3 is 0 Å². The lowest BCUT2D eigenvalue weighted by atomic mass is 9.77. The fourth-order valence-corrected chi connectivity index (χ4v) is 5.85. The van der Waals surface area contributed by atoms with Crippen LogP contribution in [0.25, 0.3) is 11.3 Å². The van der Waals surface area contributed by atoms with E-state index in [2.05, 4.69) is 20.7 Å². The van der Waals surface area contributed by atoms with Crippen molar-refractivity contribution in [2.24, 2.45) is 5.92 Å². The number of halogens is 1. The lowest BCUT2D eigenvalue weighted by molar-refractivity contribution is -0.136. The summed E-state index contributed by atoms with van der Waals surface area (Å²) in [5.74, 6) is -1.37. The molecule has 0 bridgehead atoms. The topological polar surface area (TPSA) is 126 Å². The van der Waals surface area contributed by atoms with Crippen molar-refractivity contribution in [1.82, 2.24) is 25.0 Å². The first-order chi connectivity index (χ1) is 18.9. The van der Waals surface area contributed by atoms with Crippen LogP contribution in [0.4, 0.5) is 5.69 Å². The molecule has 1 aromatic carbocycles. The number of nitrogens with one attached hydrogen (secondary N) is 2. The Hall–Kier alpha value is -4.05. The molecule has 0 spiro atoms.